The fourth-order valence-electron chi connectivity index (χ4n) is 1.19. The van der Waals surface area contributed by atoms with E-state index in [1.54, 1.807) is 13.8 Å². The normalized spacial score (nSPS) is 20.9. The van der Waals surface area contributed by atoms with Gasteiger partial charge in [-0.15, -0.1) is 0 Å². The lowest BCUT2D eigenvalue weighted by atomic mass is 10.4. The fraction of sp³-hybridized carbons (Fsp3) is 0.500. The second kappa shape index (κ2) is 15.4. The number of carbonyl (C=O) groups excluding carboxylic acids is 4. The summed E-state index contributed by atoms with van der Waals surface area (Å²) in [6, 6.07) is 0. The summed E-state index contributed by atoms with van der Waals surface area (Å²) in [5.74, 6) is 3.32. The maximum atomic E-state index is 11.1. The Balaban J connectivity index is 0.000000413. The molecule has 2 heterocycles. The van der Waals surface area contributed by atoms with Crippen molar-refractivity contribution in [3.8, 4) is 0 Å². The molecule has 2 aliphatic rings. The molecule has 0 aromatic carbocycles. The molecule has 2 unspecified atom stereocenters. The minimum absolute atomic E-state index is 0.0324. The molecule has 0 aromatic heterocycles. The standard InChI is InChI=1S/C8H10O2S3.C4H5ClO.C4H6OS3/c1-5(2)7(9)11-3-6-4-12-8(10)13-6;1-3(2)4(5)6;5-4-7-2-3(1-6)8-4/h6H,1,3-4H2,2H3;1H2,2H3;3,6H,1-2H2. The first-order valence-corrected chi connectivity index (χ1v) is 13.2. The van der Waals surface area contributed by atoms with Crippen molar-refractivity contribution < 1.29 is 19.2 Å². The Hall–Kier alpha value is 0.550. The Labute approximate surface area is 192 Å². The summed E-state index contributed by atoms with van der Waals surface area (Å²) in [5, 5.41) is 0.335. The molecule has 2 fully saturated rings. The average molecular weight is 505 g/mol. The maximum absolute atomic E-state index is 11.1. The van der Waals surface area contributed by atoms with Crippen LogP contribution in [0.1, 0.15) is 13.8 Å². The van der Waals surface area contributed by atoms with Crippen LogP contribution in [0.5, 0.6) is 0 Å². The van der Waals surface area contributed by atoms with Crippen molar-refractivity contribution in [3.05, 3.63) is 24.3 Å². The van der Waals surface area contributed by atoms with Crippen LogP contribution >= 0.6 is 83.0 Å². The second-order valence-corrected chi connectivity index (χ2v) is 12.0. The predicted molar refractivity (Wildman–Crippen MR) is 130 cm³/mol. The highest BCUT2D eigenvalue weighted by atomic mass is 35.5. The number of hydrogen-bond acceptors (Lipinski definition) is 10. The Morgan fingerprint density at radius 3 is 1.78 bits per heavy atom. The lowest BCUT2D eigenvalue weighted by Crippen LogP contribution is -2.07. The van der Waals surface area contributed by atoms with E-state index in [0.717, 1.165) is 23.0 Å². The van der Waals surface area contributed by atoms with Gasteiger partial charge in [-0.1, -0.05) is 72.0 Å². The number of halogens is 1. The van der Waals surface area contributed by atoms with E-state index in [2.05, 4.69) is 25.8 Å². The van der Waals surface area contributed by atoms with Gasteiger partial charge in [0.05, 0.1) is 0 Å². The molecule has 27 heavy (non-hydrogen) atoms. The molecule has 0 aromatic rings. The van der Waals surface area contributed by atoms with Crippen LogP contribution in [0.4, 0.5) is 9.59 Å². The first kappa shape index (κ1) is 27.5. The molecular weight excluding hydrogens is 484 g/mol. The fourth-order valence-corrected chi connectivity index (χ4v) is 7.27. The number of carbonyl (C=O) groups is 4. The van der Waals surface area contributed by atoms with E-state index in [9.17, 15) is 19.2 Å². The molecule has 0 bridgehead atoms. The van der Waals surface area contributed by atoms with Crippen LogP contribution in [0, 0.1) is 0 Å². The van der Waals surface area contributed by atoms with Gasteiger partial charge in [0.2, 0.25) is 19.3 Å². The SMILES string of the molecule is C=C(C)C(=O)Cl.C=C(C)C(=O)SCC1CSC(=O)S1.O=C1SCC(CS)S1. The van der Waals surface area contributed by atoms with E-state index in [1.165, 1.54) is 58.8 Å². The molecule has 2 aliphatic heterocycles. The summed E-state index contributed by atoms with van der Waals surface area (Å²) >= 11 is 15.7. The van der Waals surface area contributed by atoms with E-state index in [-0.39, 0.29) is 14.0 Å². The summed E-state index contributed by atoms with van der Waals surface area (Å²) in [4.78, 5) is 42.3. The van der Waals surface area contributed by atoms with Crippen molar-refractivity contribution in [2.24, 2.45) is 0 Å². The molecule has 0 aliphatic carbocycles. The van der Waals surface area contributed by atoms with Gasteiger partial charge in [0.15, 0.2) is 0 Å². The van der Waals surface area contributed by atoms with Gasteiger partial charge in [0.1, 0.15) is 0 Å². The minimum Gasteiger partial charge on any atom is -0.282 e. The number of allylic oxidation sites excluding steroid dienone is 1. The zero-order valence-electron chi connectivity index (χ0n) is 14.9. The average Bonchev–Trinajstić information content (AvgIpc) is 3.21. The van der Waals surface area contributed by atoms with Crippen LogP contribution < -0.4 is 0 Å². The van der Waals surface area contributed by atoms with Gasteiger partial charge in [-0.05, 0) is 31.0 Å². The first-order chi connectivity index (χ1) is 12.6. The van der Waals surface area contributed by atoms with Crippen LogP contribution in [0.2, 0.25) is 0 Å². The van der Waals surface area contributed by atoms with Crippen molar-refractivity contribution in [2.45, 2.75) is 24.3 Å². The molecule has 2 saturated heterocycles. The topological polar surface area (TPSA) is 68.3 Å². The molecule has 0 amide bonds. The van der Waals surface area contributed by atoms with Crippen LogP contribution in [0.3, 0.4) is 0 Å². The lowest BCUT2D eigenvalue weighted by Gasteiger charge is -2.04. The smallest absolute Gasteiger partial charge is 0.247 e. The maximum Gasteiger partial charge on any atom is 0.247 e. The van der Waals surface area contributed by atoms with E-state index in [1.807, 2.05) is 0 Å². The summed E-state index contributed by atoms with van der Waals surface area (Å²) in [6.45, 7) is 10.1. The Morgan fingerprint density at radius 1 is 1.07 bits per heavy atom. The third-order valence-electron chi connectivity index (χ3n) is 2.59. The van der Waals surface area contributed by atoms with Crippen molar-refractivity contribution >= 4 is 102 Å². The molecule has 0 saturated carbocycles. The minimum atomic E-state index is -0.463. The van der Waals surface area contributed by atoms with Gasteiger partial charge in [0.25, 0.3) is 0 Å². The van der Waals surface area contributed by atoms with Gasteiger partial charge in [-0.2, -0.15) is 12.6 Å². The Kier molecular flexibility index (Phi) is 15.7. The number of hydrogen-bond donors (Lipinski definition) is 1. The van der Waals surface area contributed by atoms with Crippen molar-refractivity contribution in [1.29, 1.82) is 0 Å². The second-order valence-electron chi connectivity index (χ2n) is 5.22. The van der Waals surface area contributed by atoms with Crippen LogP contribution in [0.15, 0.2) is 24.3 Å². The Morgan fingerprint density at radius 2 is 1.52 bits per heavy atom. The molecule has 152 valence electrons. The molecule has 2 rings (SSSR count). The predicted octanol–water partition coefficient (Wildman–Crippen LogP) is 6.00. The monoisotopic (exact) mass is 504 g/mol. The van der Waals surface area contributed by atoms with Crippen LogP contribution in [-0.4, -0.2) is 52.8 Å². The van der Waals surface area contributed by atoms with Gasteiger partial charge in [-0.3, -0.25) is 19.2 Å². The van der Waals surface area contributed by atoms with Crippen molar-refractivity contribution in [2.75, 3.05) is 23.0 Å². The summed E-state index contributed by atoms with van der Waals surface area (Å²) in [5.41, 5.74) is 0.962. The van der Waals surface area contributed by atoms with Gasteiger partial charge in [0, 0.05) is 39.1 Å². The zero-order chi connectivity index (χ0) is 21.0. The molecule has 11 heteroatoms. The van der Waals surface area contributed by atoms with Crippen molar-refractivity contribution in [3.63, 3.8) is 0 Å². The quantitative estimate of drug-likeness (QED) is 0.275. The van der Waals surface area contributed by atoms with Crippen LogP contribution in [-0.2, 0) is 9.59 Å². The summed E-state index contributed by atoms with van der Waals surface area (Å²) < 4.78 is 0.428. The van der Waals surface area contributed by atoms with E-state index >= 15 is 0 Å². The lowest BCUT2D eigenvalue weighted by molar-refractivity contribution is -0.109. The molecular formula is C16H21ClO4S6. The highest BCUT2D eigenvalue weighted by Gasteiger charge is 2.24. The third-order valence-corrected chi connectivity index (χ3v) is 10.0. The molecule has 4 nitrogen and oxygen atoms in total. The van der Waals surface area contributed by atoms with Gasteiger partial charge in [-0.25, -0.2) is 0 Å². The number of thioether (sulfide) groups is 5. The highest BCUT2D eigenvalue weighted by Crippen LogP contribution is 2.34. The van der Waals surface area contributed by atoms with Crippen molar-refractivity contribution in [1.82, 2.24) is 0 Å². The summed E-state index contributed by atoms with van der Waals surface area (Å²) in [7, 11) is 0. The van der Waals surface area contributed by atoms with E-state index < -0.39 is 5.24 Å². The van der Waals surface area contributed by atoms with E-state index in [4.69, 9.17) is 11.6 Å². The van der Waals surface area contributed by atoms with E-state index in [0.29, 0.717) is 21.6 Å². The third kappa shape index (κ3) is 14.2. The Bertz CT molecular complexity index is 583. The molecule has 2 atom stereocenters. The van der Waals surface area contributed by atoms with Gasteiger partial charge >= 0.3 is 0 Å². The summed E-state index contributed by atoms with van der Waals surface area (Å²) in [6.07, 6.45) is 0. The van der Waals surface area contributed by atoms with Crippen LogP contribution in [0.25, 0.3) is 0 Å². The zero-order valence-corrected chi connectivity index (χ0v) is 20.6. The number of rotatable bonds is 5. The van der Waals surface area contributed by atoms with Gasteiger partial charge < -0.3 is 0 Å². The largest absolute Gasteiger partial charge is 0.282 e. The molecule has 0 spiro atoms. The number of thiol groups is 1. The highest BCUT2D eigenvalue weighted by molar-refractivity contribution is 8.42. The molecule has 0 radical (unpaired) electrons. The molecule has 0 N–H and O–H groups in total. The first-order valence-electron chi connectivity index (χ1n) is 7.52.